The van der Waals surface area contributed by atoms with Gasteiger partial charge in [0.25, 0.3) is 12.3 Å². The Balaban J connectivity index is 1.75. The number of benzene rings is 1. The number of aliphatic imine (C=N–C) groups is 1. The number of rotatable bonds is 8. The minimum atomic E-state index is -3.16. The van der Waals surface area contributed by atoms with Crippen molar-refractivity contribution in [3.8, 4) is 11.6 Å². The van der Waals surface area contributed by atoms with Crippen LogP contribution in [-0.2, 0) is 15.0 Å². The molecule has 3 rings (SSSR count). The number of methoxy groups -OCH3 is 1. The topological polar surface area (TPSA) is 117 Å². The Hall–Kier alpha value is -3.45. The minimum absolute atomic E-state index is 0.0901. The average molecular weight is 472 g/mol. The number of hydrogen-bond acceptors (Lipinski definition) is 8. The van der Waals surface area contributed by atoms with E-state index in [-0.39, 0.29) is 37.1 Å². The van der Waals surface area contributed by atoms with E-state index in [1.54, 1.807) is 0 Å². The molecule has 1 aliphatic heterocycles. The van der Waals surface area contributed by atoms with Crippen LogP contribution in [0.3, 0.4) is 0 Å². The zero-order valence-electron chi connectivity index (χ0n) is 17.3. The van der Waals surface area contributed by atoms with E-state index < -0.39 is 47.7 Å². The fraction of sp³-hybridized carbons (Fsp3) is 0.350. The van der Waals surface area contributed by atoms with Gasteiger partial charge in [-0.3, -0.25) is 10.3 Å². The van der Waals surface area contributed by atoms with E-state index >= 15 is 0 Å². The summed E-state index contributed by atoms with van der Waals surface area (Å²) < 4.78 is 76.2. The van der Waals surface area contributed by atoms with Gasteiger partial charge in [0.05, 0.1) is 19.4 Å². The molecule has 0 saturated carbocycles. The number of halogens is 4. The number of amides is 1. The molecule has 2 aromatic rings. The molecule has 0 unspecified atom stereocenters. The van der Waals surface area contributed by atoms with Crippen LogP contribution in [0.2, 0.25) is 0 Å². The number of amidine groups is 1. The van der Waals surface area contributed by atoms with Gasteiger partial charge >= 0.3 is 6.09 Å². The van der Waals surface area contributed by atoms with Crippen LogP contribution in [0.5, 0.6) is 11.6 Å². The Bertz CT molecular complexity index is 1040. The summed E-state index contributed by atoms with van der Waals surface area (Å²) in [5.41, 5.74) is 2.48. The lowest BCUT2D eigenvalue weighted by atomic mass is 9.90. The number of alkyl halides is 2. The quantitative estimate of drug-likeness (QED) is 0.448. The summed E-state index contributed by atoms with van der Waals surface area (Å²) >= 11 is 0. The lowest BCUT2D eigenvalue weighted by molar-refractivity contribution is -0.0145. The molecule has 0 fully saturated rings. The van der Waals surface area contributed by atoms with Gasteiger partial charge in [-0.1, -0.05) is 0 Å². The van der Waals surface area contributed by atoms with Crippen molar-refractivity contribution in [1.29, 1.82) is 0 Å². The van der Waals surface area contributed by atoms with Crippen molar-refractivity contribution in [1.82, 2.24) is 4.98 Å². The highest BCUT2D eigenvalue weighted by Crippen LogP contribution is 2.38. The van der Waals surface area contributed by atoms with Crippen LogP contribution in [0, 0.1) is 11.6 Å². The Kier molecular flexibility index (Phi) is 7.66. The molecule has 0 spiro atoms. The Labute approximate surface area is 185 Å². The molecule has 1 aromatic carbocycles. The number of pyridine rings is 1. The van der Waals surface area contributed by atoms with Crippen LogP contribution in [0.25, 0.3) is 0 Å². The first kappa shape index (κ1) is 24.2. The summed E-state index contributed by atoms with van der Waals surface area (Å²) in [6, 6.07) is 3.87. The highest BCUT2D eigenvalue weighted by atomic mass is 19.3. The molecule has 1 amide bonds. The van der Waals surface area contributed by atoms with Crippen LogP contribution in [0.4, 0.5) is 28.0 Å². The van der Waals surface area contributed by atoms with E-state index in [1.165, 1.54) is 7.11 Å². The molecule has 0 bridgehead atoms. The predicted molar refractivity (Wildman–Crippen MR) is 108 cm³/mol. The normalized spacial score (nSPS) is 18.1. The third kappa shape index (κ3) is 5.68. The molecular formula is C20H20F4N4O5. The second-order valence-electron chi connectivity index (χ2n) is 6.83. The molecular weight excluding hydrogens is 452 g/mol. The lowest BCUT2D eigenvalue weighted by Gasteiger charge is -2.33. The lowest BCUT2D eigenvalue weighted by Crippen LogP contribution is -2.45. The molecule has 33 heavy (non-hydrogen) atoms. The fourth-order valence-corrected chi connectivity index (χ4v) is 2.97. The highest BCUT2D eigenvalue weighted by molar-refractivity contribution is 5.86. The zero-order chi connectivity index (χ0) is 24.0. The number of aromatic nitrogens is 1. The molecule has 178 valence electrons. The van der Waals surface area contributed by atoms with Gasteiger partial charge in [0.1, 0.15) is 30.6 Å². The second kappa shape index (κ2) is 10.4. The largest absolute Gasteiger partial charge is 0.489 e. The van der Waals surface area contributed by atoms with E-state index in [0.29, 0.717) is 0 Å². The first-order valence-electron chi connectivity index (χ1n) is 9.51. The monoisotopic (exact) mass is 472 g/mol. The van der Waals surface area contributed by atoms with Gasteiger partial charge in [0, 0.05) is 24.4 Å². The fourth-order valence-electron chi connectivity index (χ4n) is 2.97. The van der Waals surface area contributed by atoms with Gasteiger partial charge in [0.15, 0.2) is 11.4 Å². The van der Waals surface area contributed by atoms with Crippen molar-refractivity contribution in [3.05, 3.63) is 47.7 Å². The maximum absolute atomic E-state index is 14.5. The van der Waals surface area contributed by atoms with Crippen LogP contribution >= 0.6 is 0 Å². The van der Waals surface area contributed by atoms with Crippen molar-refractivity contribution < 1.29 is 41.3 Å². The number of carbonyl (C=O) groups is 1. The van der Waals surface area contributed by atoms with Gasteiger partial charge in [-0.05, 0) is 18.2 Å². The molecule has 13 heteroatoms. The third-order valence-corrected chi connectivity index (χ3v) is 4.48. The van der Waals surface area contributed by atoms with Crippen molar-refractivity contribution in [2.75, 3.05) is 38.9 Å². The number of nitrogens with two attached hydrogens (primary N) is 1. The molecule has 0 saturated heterocycles. The molecule has 9 nitrogen and oxygen atoms in total. The molecule has 1 aliphatic rings. The summed E-state index contributed by atoms with van der Waals surface area (Å²) in [4.78, 5) is 19.6. The number of carbonyl (C=O) groups excluding carboxylic acids is 1. The van der Waals surface area contributed by atoms with Gasteiger partial charge in [-0.2, -0.15) is 0 Å². The van der Waals surface area contributed by atoms with Crippen molar-refractivity contribution in [2.45, 2.75) is 12.0 Å². The second-order valence-corrected chi connectivity index (χ2v) is 6.83. The van der Waals surface area contributed by atoms with Crippen molar-refractivity contribution >= 4 is 17.6 Å². The van der Waals surface area contributed by atoms with Crippen molar-refractivity contribution in [3.63, 3.8) is 0 Å². The predicted octanol–water partition coefficient (Wildman–Crippen LogP) is 2.84. The minimum Gasteiger partial charge on any atom is -0.489 e. The molecule has 2 heterocycles. The summed E-state index contributed by atoms with van der Waals surface area (Å²) in [7, 11) is 1.47. The average Bonchev–Trinajstić information content (AvgIpc) is 2.77. The Morgan fingerprint density at radius 3 is 2.73 bits per heavy atom. The summed E-state index contributed by atoms with van der Waals surface area (Å²) in [6.45, 7) is -0.357. The Morgan fingerprint density at radius 2 is 2.06 bits per heavy atom. The van der Waals surface area contributed by atoms with E-state index in [1.807, 2.05) is 0 Å². The maximum atomic E-state index is 14.5. The molecule has 0 aliphatic carbocycles. The maximum Gasteiger partial charge on any atom is 0.418 e. The summed E-state index contributed by atoms with van der Waals surface area (Å²) in [5, 5.41) is 2.20. The molecule has 1 atom stereocenters. The number of nitrogens with zero attached hydrogens (tertiary/aromatic N) is 2. The van der Waals surface area contributed by atoms with Crippen molar-refractivity contribution in [2.24, 2.45) is 10.7 Å². The van der Waals surface area contributed by atoms with E-state index in [9.17, 15) is 22.4 Å². The highest BCUT2D eigenvalue weighted by Gasteiger charge is 2.46. The molecule has 1 aromatic heterocycles. The third-order valence-electron chi connectivity index (χ3n) is 4.48. The molecule has 3 N–H and O–H groups in total. The smallest absolute Gasteiger partial charge is 0.418 e. The Morgan fingerprint density at radius 1 is 1.27 bits per heavy atom. The van der Waals surface area contributed by atoms with Gasteiger partial charge < -0.3 is 24.7 Å². The van der Waals surface area contributed by atoms with Gasteiger partial charge in [-0.15, -0.1) is 0 Å². The number of nitrogens with one attached hydrogen (secondary N) is 1. The molecule has 0 radical (unpaired) electrons. The van der Waals surface area contributed by atoms with E-state index in [2.05, 4.69) is 15.3 Å². The number of anilines is 1. The first-order chi connectivity index (χ1) is 15.7. The first-order valence-corrected chi connectivity index (χ1v) is 9.51. The zero-order valence-corrected chi connectivity index (χ0v) is 17.3. The SMILES string of the molecule is COCCOc1cnc(OC(=O)Nc2ccc(F)c([C@]3(C(F)F)COCC(N)=N3)c2)c(F)c1. The van der Waals surface area contributed by atoms with Crippen LogP contribution < -0.4 is 20.5 Å². The van der Waals surface area contributed by atoms with Crippen LogP contribution in [-0.4, -0.2) is 56.9 Å². The summed E-state index contributed by atoms with van der Waals surface area (Å²) in [6.07, 6.45) is -3.22. The van der Waals surface area contributed by atoms with Crippen LogP contribution in [0.1, 0.15) is 5.56 Å². The van der Waals surface area contributed by atoms with Crippen LogP contribution in [0.15, 0.2) is 35.5 Å². The number of ether oxygens (including phenoxy) is 4. The summed E-state index contributed by atoms with van der Waals surface area (Å²) in [5.74, 6) is -2.79. The van der Waals surface area contributed by atoms with Gasteiger partial charge in [0.2, 0.25) is 0 Å². The van der Waals surface area contributed by atoms with Gasteiger partial charge in [-0.25, -0.2) is 27.3 Å². The van der Waals surface area contributed by atoms with E-state index in [0.717, 1.165) is 30.5 Å². The number of hydrogen-bond donors (Lipinski definition) is 2. The van der Waals surface area contributed by atoms with E-state index in [4.69, 9.17) is 24.7 Å². The standard InChI is InChI=1S/C20H20F4N4O5/c1-30-4-5-32-12-7-15(22)17(26-8-12)33-19(29)27-11-2-3-14(21)13(6-11)20(18(23)24)10-31-9-16(25)28-20/h2-3,6-8,18H,4-5,9-10H2,1H3,(H2,25,28)(H,27,29)/t20-/m0/s1.